The van der Waals surface area contributed by atoms with Crippen molar-refractivity contribution in [3.63, 3.8) is 0 Å². The minimum Gasteiger partial charge on any atom is -0.462 e. The maximum absolute atomic E-state index is 12.8. The van der Waals surface area contributed by atoms with Gasteiger partial charge in [0, 0.05) is 19.3 Å². The Balaban J connectivity index is 4.50. The Labute approximate surface area is 419 Å². The Hall–Kier alpha value is -3.93. The Morgan fingerprint density at radius 2 is 0.574 bits per heavy atom. The monoisotopic (exact) mass is 943 g/mol. The van der Waals surface area contributed by atoms with Gasteiger partial charge in [-0.3, -0.25) is 14.4 Å². The van der Waals surface area contributed by atoms with Gasteiger partial charge in [-0.2, -0.15) is 0 Å². The molecule has 0 aromatic carbocycles. The fourth-order valence-corrected chi connectivity index (χ4v) is 7.40. The van der Waals surface area contributed by atoms with Gasteiger partial charge in [-0.25, -0.2) is 0 Å². The summed E-state index contributed by atoms with van der Waals surface area (Å²) in [6.07, 6.45) is 75.1. The highest BCUT2D eigenvalue weighted by molar-refractivity contribution is 5.71. The molecule has 6 nitrogen and oxygen atoms in total. The molecule has 68 heavy (non-hydrogen) atoms. The first-order valence-electron chi connectivity index (χ1n) is 27.9. The molecule has 0 amide bonds. The standard InChI is InChI=1S/C62H102O6/c1-4-7-10-13-16-19-22-25-28-30-31-32-35-37-40-43-46-49-52-55-61(64)67-58-59(57-66-60(63)54-51-48-45-42-39-36-33-27-24-21-18-15-12-9-6-3)68-62(65)56-53-50-47-44-41-38-34-29-26-23-20-17-14-11-8-5-2/h7,9-10,12,16,18-19,21,25,27-28,31-33,37,39-40,42,59H,4-6,8,11,13-15,17,20,22-24,26,29-30,34-36,38,41,43-58H2,1-3H3/b10-7-,12-9-,19-16-,21-18-,28-25-,32-31-,33-27-,40-37-,42-39-/t59-/m1/s1. The summed E-state index contributed by atoms with van der Waals surface area (Å²) in [5.74, 6) is -0.978. The molecule has 0 aromatic heterocycles. The molecule has 0 aliphatic rings. The summed E-state index contributed by atoms with van der Waals surface area (Å²) in [6.45, 7) is 6.35. The van der Waals surface area contributed by atoms with Crippen LogP contribution in [0.4, 0.5) is 0 Å². The van der Waals surface area contributed by atoms with E-state index in [-0.39, 0.29) is 31.1 Å². The molecular formula is C62H102O6. The number of carbonyl (C=O) groups excluding carboxylic acids is 3. The lowest BCUT2D eigenvalue weighted by molar-refractivity contribution is -0.167. The highest BCUT2D eigenvalue weighted by atomic mass is 16.6. The van der Waals surface area contributed by atoms with Crippen LogP contribution in [0.5, 0.6) is 0 Å². The predicted molar refractivity (Wildman–Crippen MR) is 293 cm³/mol. The van der Waals surface area contributed by atoms with Gasteiger partial charge in [0.15, 0.2) is 6.10 Å². The van der Waals surface area contributed by atoms with E-state index in [0.29, 0.717) is 19.3 Å². The van der Waals surface area contributed by atoms with E-state index in [1.807, 2.05) is 0 Å². The summed E-state index contributed by atoms with van der Waals surface area (Å²) in [5, 5.41) is 0. The van der Waals surface area contributed by atoms with Gasteiger partial charge in [0.25, 0.3) is 0 Å². The molecule has 0 aromatic rings. The van der Waals surface area contributed by atoms with Crippen molar-refractivity contribution in [3.8, 4) is 0 Å². The van der Waals surface area contributed by atoms with Crippen LogP contribution in [0.1, 0.15) is 245 Å². The van der Waals surface area contributed by atoms with Crippen molar-refractivity contribution < 1.29 is 28.6 Å². The lowest BCUT2D eigenvalue weighted by Crippen LogP contribution is -2.30. The molecule has 0 aliphatic carbocycles. The summed E-state index contributed by atoms with van der Waals surface area (Å²) in [6, 6.07) is 0. The Bertz CT molecular complexity index is 1410. The fraction of sp³-hybridized carbons (Fsp3) is 0.661. The highest BCUT2D eigenvalue weighted by Gasteiger charge is 2.19. The van der Waals surface area contributed by atoms with Crippen LogP contribution in [0, 0.1) is 0 Å². The van der Waals surface area contributed by atoms with Crippen molar-refractivity contribution in [1.82, 2.24) is 0 Å². The van der Waals surface area contributed by atoms with Crippen LogP contribution in [0.25, 0.3) is 0 Å². The van der Waals surface area contributed by atoms with Gasteiger partial charge in [-0.05, 0) is 103 Å². The minimum absolute atomic E-state index is 0.108. The van der Waals surface area contributed by atoms with Gasteiger partial charge in [0.1, 0.15) is 13.2 Å². The molecule has 6 heteroatoms. The Morgan fingerprint density at radius 1 is 0.309 bits per heavy atom. The van der Waals surface area contributed by atoms with Crippen molar-refractivity contribution in [2.75, 3.05) is 13.2 Å². The molecule has 0 saturated heterocycles. The van der Waals surface area contributed by atoms with E-state index in [9.17, 15) is 14.4 Å². The first kappa shape index (κ1) is 64.1. The maximum atomic E-state index is 12.8. The number of ether oxygens (including phenoxy) is 3. The van der Waals surface area contributed by atoms with Gasteiger partial charge >= 0.3 is 17.9 Å². The number of unbranched alkanes of at least 4 members (excludes halogenated alkanes) is 20. The van der Waals surface area contributed by atoms with Gasteiger partial charge < -0.3 is 14.2 Å². The number of esters is 3. The second-order valence-electron chi connectivity index (χ2n) is 18.1. The van der Waals surface area contributed by atoms with Gasteiger partial charge in [-0.15, -0.1) is 0 Å². The molecule has 0 radical (unpaired) electrons. The lowest BCUT2D eigenvalue weighted by Gasteiger charge is -2.18. The molecule has 0 unspecified atom stereocenters. The summed E-state index contributed by atoms with van der Waals surface area (Å²) in [7, 11) is 0. The van der Waals surface area contributed by atoms with Crippen LogP contribution in [-0.2, 0) is 28.6 Å². The van der Waals surface area contributed by atoms with Gasteiger partial charge in [0.2, 0.25) is 0 Å². The lowest BCUT2D eigenvalue weighted by atomic mass is 10.0. The van der Waals surface area contributed by atoms with E-state index < -0.39 is 6.10 Å². The van der Waals surface area contributed by atoms with Crippen LogP contribution in [0.2, 0.25) is 0 Å². The van der Waals surface area contributed by atoms with E-state index in [2.05, 4.69) is 130 Å². The first-order chi connectivity index (χ1) is 33.5. The van der Waals surface area contributed by atoms with Crippen molar-refractivity contribution in [1.29, 1.82) is 0 Å². The molecule has 0 rings (SSSR count). The van der Waals surface area contributed by atoms with Crippen LogP contribution >= 0.6 is 0 Å². The van der Waals surface area contributed by atoms with Crippen molar-refractivity contribution in [3.05, 3.63) is 109 Å². The van der Waals surface area contributed by atoms with Crippen molar-refractivity contribution in [2.24, 2.45) is 0 Å². The average Bonchev–Trinajstić information content (AvgIpc) is 3.34. The zero-order valence-corrected chi connectivity index (χ0v) is 44.1. The molecule has 1 atom stereocenters. The average molecular weight is 943 g/mol. The predicted octanol–water partition coefficient (Wildman–Crippen LogP) is 18.7. The van der Waals surface area contributed by atoms with Gasteiger partial charge in [0.05, 0.1) is 0 Å². The zero-order valence-electron chi connectivity index (χ0n) is 44.1. The first-order valence-corrected chi connectivity index (χ1v) is 27.9. The molecule has 0 bridgehead atoms. The molecule has 0 spiro atoms. The van der Waals surface area contributed by atoms with E-state index in [4.69, 9.17) is 14.2 Å². The second-order valence-corrected chi connectivity index (χ2v) is 18.1. The number of hydrogen-bond acceptors (Lipinski definition) is 6. The Kier molecular flexibility index (Phi) is 52.4. The fourth-order valence-electron chi connectivity index (χ4n) is 7.40. The zero-order chi connectivity index (χ0) is 49.3. The molecule has 386 valence electrons. The number of allylic oxidation sites excluding steroid dienone is 18. The normalized spacial score (nSPS) is 12.9. The summed E-state index contributed by atoms with van der Waals surface area (Å²) in [5.41, 5.74) is 0. The van der Waals surface area contributed by atoms with E-state index >= 15 is 0 Å². The topological polar surface area (TPSA) is 78.9 Å². The number of rotatable bonds is 49. The molecule has 0 aliphatic heterocycles. The minimum atomic E-state index is -0.809. The van der Waals surface area contributed by atoms with Crippen molar-refractivity contribution in [2.45, 2.75) is 252 Å². The quantitative estimate of drug-likeness (QED) is 0.0262. The third-order valence-corrected chi connectivity index (χ3v) is 11.5. The number of carbonyl (C=O) groups is 3. The molecule has 0 fully saturated rings. The van der Waals surface area contributed by atoms with Crippen LogP contribution in [0.3, 0.4) is 0 Å². The SMILES string of the molecule is CC/C=C\C/C=C\C/C=C\C/C=C\C/C=C\CCCCCC(=O)OC[C@@H](COC(=O)CCCC/C=C\C/C=C\C/C=C\C/C=C\CC)OC(=O)CCCCCCCCCCCCCCCCCC. The van der Waals surface area contributed by atoms with Crippen LogP contribution in [-0.4, -0.2) is 37.2 Å². The highest BCUT2D eigenvalue weighted by Crippen LogP contribution is 2.15. The summed E-state index contributed by atoms with van der Waals surface area (Å²) in [4.78, 5) is 38.1. The molecular weight excluding hydrogens is 841 g/mol. The van der Waals surface area contributed by atoms with E-state index in [1.165, 1.54) is 83.5 Å². The van der Waals surface area contributed by atoms with Gasteiger partial charge in [-0.1, -0.05) is 233 Å². The van der Waals surface area contributed by atoms with E-state index in [0.717, 1.165) is 122 Å². The maximum Gasteiger partial charge on any atom is 0.306 e. The second kappa shape index (κ2) is 55.7. The van der Waals surface area contributed by atoms with Crippen LogP contribution < -0.4 is 0 Å². The summed E-state index contributed by atoms with van der Waals surface area (Å²) < 4.78 is 16.8. The number of hydrogen-bond donors (Lipinski definition) is 0. The largest absolute Gasteiger partial charge is 0.462 e. The Morgan fingerprint density at radius 3 is 0.926 bits per heavy atom. The third-order valence-electron chi connectivity index (χ3n) is 11.5. The van der Waals surface area contributed by atoms with E-state index in [1.54, 1.807) is 0 Å². The molecule has 0 saturated carbocycles. The smallest absolute Gasteiger partial charge is 0.306 e. The van der Waals surface area contributed by atoms with Crippen molar-refractivity contribution >= 4 is 17.9 Å². The summed E-state index contributed by atoms with van der Waals surface area (Å²) >= 11 is 0. The van der Waals surface area contributed by atoms with Crippen LogP contribution in [0.15, 0.2) is 109 Å². The molecule has 0 heterocycles. The third kappa shape index (κ3) is 53.0. The molecule has 0 N–H and O–H groups in total.